The maximum atomic E-state index is 12.9. The van der Waals surface area contributed by atoms with Crippen molar-refractivity contribution in [2.45, 2.75) is 51.9 Å². The van der Waals surface area contributed by atoms with Gasteiger partial charge in [0.25, 0.3) is 0 Å². The van der Waals surface area contributed by atoms with Gasteiger partial charge in [-0.1, -0.05) is 25.5 Å². The molecule has 1 aliphatic heterocycles. The van der Waals surface area contributed by atoms with E-state index in [1.165, 1.54) is 17.6 Å². The molecule has 3 heteroatoms. The van der Waals surface area contributed by atoms with Crippen molar-refractivity contribution in [3.05, 3.63) is 36.3 Å². The number of carbonyl (C=O) groups excluding carboxylic acids is 1. The molecule has 3 nitrogen and oxygen atoms in total. The molecule has 4 rings (SSSR count). The zero-order chi connectivity index (χ0) is 16.1. The molecule has 1 aromatic rings. The van der Waals surface area contributed by atoms with E-state index >= 15 is 0 Å². The minimum atomic E-state index is -0.315. The Hall–Kier alpha value is -1.51. The van der Waals surface area contributed by atoms with Gasteiger partial charge in [0.05, 0.1) is 24.5 Å². The summed E-state index contributed by atoms with van der Waals surface area (Å²) in [6.45, 7) is 7.30. The molecule has 0 aromatic carbocycles. The van der Waals surface area contributed by atoms with Crippen LogP contribution in [0.5, 0.6) is 0 Å². The largest absolute Gasteiger partial charge is 0.472 e. The number of allylic oxidation sites excluding steroid dienone is 1. The SMILES string of the molecule is C=C1CC[C@@H]2C3(CCC[C@]2(C)COC3=O)[C@H]1CCc1ccoc1. The van der Waals surface area contributed by atoms with Crippen LogP contribution in [0.3, 0.4) is 0 Å². The maximum Gasteiger partial charge on any atom is 0.313 e. The fourth-order valence-electron chi connectivity index (χ4n) is 5.78. The Balaban J connectivity index is 1.68. The van der Waals surface area contributed by atoms with Gasteiger partial charge in [-0.3, -0.25) is 4.79 Å². The van der Waals surface area contributed by atoms with E-state index in [9.17, 15) is 4.79 Å². The summed E-state index contributed by atoms with van der Waals surface area (Å²) in [5, 5.41) is 0. The molecule has 3 aliphatic rings. The predicted molar refractivity (Wildman–Crippen MR) is 87.7 cm³/mol. The molecule has 3 fully saturated rings. The number of rotatable bonds is 3. The van der Waals surface area contributed by atoms with Crippen molar-refractivity contribution < 1.29 is 13.9 Å². The fourth-order valence-corrected chi connectivity index (χ4v) is 5.78. The molecule has 2 heterocycles. The Morgan fingerprint density at radius 3 is 3.04 bits per heavy atom. The average Bonchev–Trinajstić information content (AvgIpc) is 3.04. The third-order valence-corrected chi connectivity index (χ3v) is 6.88. The van der Waals surface area contributed by atoms with Crippen molar-refractivity contribution in [2.24, 2.45) is 22.7 Å². The van der Waals surface area contributed by atoms with Crippen molar-refractivity contribution in [1.82, 2.24) is 0 Å². The minimum absolute atomic E-state index is 0.0534. The van der Waals surface area contributed by atoms with Gasteiger partial charge >= 0.3 is 5.97 Å². The quantitative estimate of drug-likeness (QED) is 0.608. The Labute approximate surface area is 138 Å². The van der Waals surface area contributed by atoms with Gasteiger partial charge in [0.15, 0.2) is 0 Å². The second-order valence-electron chi connectivity index (χ2n) is 8.10. The molecule has 124 valence electrons. The van der Waals surface area contributed by atoms with E-state index in [2.05, 4.69) is 13.5 Å². The zero-order valence-corrected chi connectivity index (χ0v) is 14.0. The van der Waals surface area contributed by atoms with Crippen molar-refractivity contribution in [2.75, 3.05) is 6.61 Å². The van der Waals surface area contributed by atoms with Gasteiger partial charge < -0.3 is 9.15 Å². The zero-order valence-electron chi connectivity index (χ0n) is 14.0. The highest BCUT2D eigenvalue weighted by Gasteiger charge is 2.64. The van der Waals surface area contributed by atoms with Crippen LogP contribution >= 0.6 is 0 Å². The Morgan fingerprint density at radius 2 is 2.26 bits per heavy atom. The molecule has 2 aliphatic carbocycles. The highest BCUT2D eigenvalue weighted by molar-refractivity contribution is 5.80. The maximum absolute atomic E-state index is 12.9. The summed E-state index contributed by atoms with van der Waals surface area (Å²) in [7, 11) is 0. The van der Waals surface area contributed by atoms with Gasteiger partial charge in [0.2, 0.25) is 0 Å². The molecule has 23 heavy (non-hydrogen) atoms. The van der Waals surface area contributed by atoms with E-state index in [-0.39, 0.29) is 22.7 Å². The molecule has 2 bridgehead atoms. The van der Waals surface area contributed by atoms with E-state index in [1.54, 1.807) is 6.26 Å². The van der Waals surface area contributed by atoms with Crippen LogP contribution in [-0.4, -0.2) is 12.6 Å². The highest BCUT2D eigenvalue weighted by atomic mass is 16.5. The molecule has 0 N–H and O–H groups in total. The third kappa shape index (κ3) is 2.12. The molecule has 1 aromatic heterocycles. The topological polar surface area (TPSA) is 39.4 Å². The summed E-state index contributed by atoms with van der Waals surface area (Å²) in [5.41, 5.74) is 2.32. The lowest BCUT2D eigenvalue weighted by molar-refractivity contribution is -0.207. The number of ether oxygens (including phenoxy) is 1. The molecule has 0 amide bonds. The molecular weight excluding hydrogens is 288 g/mol. The van der Waals surface area contributed by atoms with Crippen molar-refractivity contribution in [1.29, 1.82) is 0 Å². The summed E-state index contributed by atoms with van der Waals surface area (Å²) in [4.78, 5) is 12.9. The van der Waals surface area contributed by atoms with Gasteiger partial charge in [-0.05, 0) is 62.0 Å². The number of hydrogen-bond donors (Lipinski definition) is 0. The fraction of sp³-hybridized carbons (Fsp3) is 0.650. The minimum Gasteiger partial charge on any atom is -0.472 e. The summed E-state index contributed by atoms with van der Waals surface area (Å²) in [6.07, 6.45) is 10.9. The van der Waals surface area contributed by atoms with Crippen LogP contribution in [0.15, 0.2) is 35.2 Å². The van der Waals surface area contributed by atoms with Crippen LogP contribution in [0, 0.1) is 22.7 Å². The van der Waals surface area contributed by atoms with Crippen LogP contribution < -0.4 is 0 Å². The normalized spacial score (nSPS) is 39.7. The predicted octanol–water partition coefficient (Wildman–Crippen LogP) is 4.53. The third-order valence-electron chi connectivity index (χ3n) is 6.88. The van der Waals surface area contributed by atoms with Gasteiger partial charge in [0.1, 0.15) is 0 Å². The number of aryl methyl sites for hydroxylation is 1. The summed E-state index contributed by atoms with van der Waals surface area (Å²) in [5.74, 6) is 0.770. The molecule has 1 saturated heterocycles. The van der Waals surface area contributed by atoms with Gasteiger partial charge in [-0.15, -0.1) is 0 Å². The number of furan rings is 1. The first-order valence-electron chi connectivity index (χ1n) is 8.92. The lowest BCUT2D eigenvalue weighted by Gasteiger charge is -2.61. The first kappa shape index (κ1) is 15.0. The van der Waals surface area contributed by atoms with Gasteiger partial charge in [-0.2, -0.15) is 0 Å². The standard InChI is InChI=1S/C20H26O3/c1-14-4-7-17-19(2)9-3-10-20(17,18(21)23-13-19)16(14)6-5-15-8-11-22-12-15/h8,11-12,16-17H,1,3-7,9-10,13H2,2H3/t16-,17-,19+,20?/m0/s1. The second-order valence-corrected chi connectivity index (χ2v) is 8.10. The van der Waals surface area contributed by atoms with Crippen molar-refractivity contribution in [3.8, 4) is 0 Å². The van der Waals surface area contributed by atoms with E-state index in [4.69, 9.17) is 9.15 Å². The first-order chi connectivity index (χ1) is 11.1. The van der Waals surface area contributed by atoms with Crippen LogP contribution in [0.4, 0.5) is 0 Å². The lowest BCUT2D eigenvalue weighted by Crippen LogP contribution is -2.61. The molecule has 0 spiro atoms. The Bertz CT molecular complexity index is 617. The number of cyclic esters (lactones) is 1. The van der Waals surface area contributed by atoms with E-state index in [0.29, 0.717) is 12.5 Å². The second kappa shape index (κ2) is 5.25. The smallest absolute Gasteiger partial charge is 0.313 e. The average molecular weight is 314 g/mol. The van der Waals surface area contributed by atoms with E-state index < -0.39 is 0 Å². The summed E-state index contributed by atoms with van der Waals surface area (Å²) in [6, 6.07) is 2.02. The Morgan fingerprint density at radius 1 is 1.39 bits per heavy atom. The number of carbonyl (C=O) groups is 1. The van der Waals surface area contributed by atoms with Crippen molar-refractivity contribution in [3.63, 3.8) is 0 Å². The number of hydrogen-bond acceptors (Lipinski definition) is 3. The Kier molecular flexibility index (Phi) is 3.44. The van der Waals surface area contributed by atoms with Crippen LogP contribution in [0.25, 0.3) is 0 Å². The van der Waals surface area contributed by atoms with Crippen LogP contribution in [0.2, 0.25) is 0 Å². The van der Waals surface area contributed by atoms with Crippen molar-refractivity contribution >= 4 is 5.97 Å². The molecular formula is C20H26O3. The lowest BCUT2D eigenvalue weighted by atomic mass is 9.45. The monoisotopic (exact) mass is 314 g/mol. The van der Waals surface area contributed by atoms with E-state index in [0.717, 1.165) is 38.5 Å². The molecule has 2 saturated carbocycles. The molecule has 4 atom stereocenters. The van der Waals surface area contributed by atoms with Gasteiger partial charge in [0, 0.05) is 5.41 Å². The number of esters is 1. The first-order valence-corrected chi connectivity index (χ1v) is 8.92. The summed E-state index contributed by atoms with van der Waals surface area (Å²) >= 11 is 0. The van der Waals surface area contributed by atoms with Gasteiger partial charge in [-0.25, -0.2) is 0 Å². The highest BCUT2D eigenvalue weighted by Crippen LogP contribution is 2.64. The summed E-state index contributed by atoms with van der Waals surface area (Å²) < 4.78 is 10.9. The van der Waals surface area contributed by atoms with Crippen LogP contribution in [-0.2, 0) is 16.0 Å². The molecule has 0 radical (unpaired) electrons. The van der Waals surface area contributed by atoms with E-state index in [1.807, 2.05) is 12.3 Å². The van der Waals surface area contributed by atoms with Crippen LogP contribution in [0.1, 0.15) is 51.0 Å². The molecule has 1 unspecified atom stereocenters.